The number of hydrogen-bond acceptors (Lipinski definition) is 4. The van der Waals surface area contributed by atoms with E-state index in [9.17, 15) is 0 Å². The van der Waals surface area contributed by atoms with Gasteiger partial charge in [-0.05, 0) is 25.2 Å². The molecule has 1 aromatic heterocycles. The molecule has 2 rings (SSSR count). The molecule has 0 bridgehead atoms. The van der Waals surface area contributed by atoms with Crippen LogP contribution in [-0.2, 0) is 13.1 Å². The fourth-order valence-electron chi connectivity index (χ4n) is 1.88. The predicted molar refractivity (Wildman–Crippen MR) is 59.3 cm³/mol. The minimum Gasteiger partial charge on any atom is -0.317 e. The van der Waals surface area contributed by atoms with Crippen LogP contribution in [0.5, 0.6) is 0 Å². The van der Waals surface area contributed by atoms with Crippen molar-refractivity contribution in [1.29, 1.82) is 5.26 Å². The topological polar surface area (TPSA) is 66.5 Å². The Balaban J connectivity index is 1.78. The Morgan fingerprint density at radius 3 is 3.06 bits per heavy atom. The Morgan fingerprint density at radius 1 is 1.62 bits per heavy atom. The molecule has 5 nitrogen and oxygen atoms in total. The van der Waals surface area contributed by atoms with Crippen molar-refractivity contribution in [1.82, 2.24) is 20.1 Å². The largest absolute Gasteiger partial charge is 0.317 e. The highest BCUT2D eigenvalue weighted by atomic mass is 15.3. The second kappa shape index (κ2) is 4.62. The van der Waals surface area contributed by atoms with Gasteiger partial charge in [-0.1, -0.05) is 0 Å². The van der Waals surface area contributed by atoms with Crippen molar-refractivity contribution in [2.45, 2.75) is 39.3 Å². The first-order valence-corrected chi connectivity index (χ1v) is 5.74. The third kappa shape index (κ3) is 2.39. The van der Waals surface area contributed by atoms with Crippen molar-refractivity contribution in [3.05, 3.63) is 12.2 Å². The third-order valence-corrected chi connectivity index (χ3v) is 3.23. The zero-order valence-corrected chi connectivity index (χ0v) is 9.61. The fourth-order valence-corrected chi connectivity index (χ4v) is 1.88. The summed E-state index contributed by atoms with van der Waals surface area (Å²) in [6, 6.07) is 2.26. The summed E-state index contributed by atoms with van der Waals surface area (Å²) >= 11 is 0. The summed E-state index contributed by atoms with van der Waals surface area (Å²) in [5.74, 6) is 0.968. The van der Waals surface area contributed by atoms with E-state index in [2.05, 4.69) is 28.5 Å². The van der Waals surface area contributed by atoms with Gasteiger partial charge in [0, 0.05) is 19.5 Å². The van der Waals surface area contributed by atoms with Crippen molar-refractivity contribution in [3.63, 3.8) is 0 Å². The van der Waals surface area contributed by atoms with E-state index in [0.29, 0.717) is 6.42 Å². The van der Waals surface area contributed by atoms with Crippen molar-refractivity contribution >= 4 is 0 Å². The lowest BCUT2D eigenvalue weighted by Crippen LogP contribution is -2.25. The number of nitrogens with one attached hydrogen (secondary N) is 1. The van der Waals surface area contributed by atoms with Crippen molar-refractivity contribution in [2.75, 3.05) is 6.54 Å². The average Bonchev–Trinajstić information content (AvgIpc) is 2.90. The molecule has 86 valence electrons. The van der Waals surface area contributed by atoms with Gasteiger partial charge in [-0.3, -0.25) is 0 Å². The van der Waals surface area contributed by atoms with Crippen LogP contribution in [0.1, 0.15) is 32.0 Å². The second-order valence-corrected chi connectivity index (χ2v) is 4.47. The quantitative estimate of drug-likeness (QED) is 0.777. The number of aromatic nitrogens is 3. The molecule has 0 spiro atoms. The molecule has 5 heteroatoms. The first-order chi connectivity index (χ1) is 7.79. The van der Waals surface area contributed by atoms with Crippen LogP contribution in [0.3, 0.4) is 0 Å². The van der Waals surface area contributed by atoms with Crippen LogP contribution in [0.15, 0.2) is 6.33 Å². The lowest BCUT2D eigenvalue weighted by atomic mass is 10.0. The Labute approximate surface area is 95.5 Å². The molecule has 1 heterocycles. The summed E-state index contributed by atoms with van der Waals surface area (Å²) in [5.41, 5.74) is 0.256. The van der Waals surface area contributed by atoms with E-state index in [4.69, 9.17) is 5.26 Å². The standard InChI is InChI=1S/C11H17N5/c1-2-16-9-14-15-10(16)7-13-8-11(3-4-11)5-6-12/h9,13H,2-5,7-8H2,1H3. The van der Waals surface area contributed by atoms with Crippen LogP contribution in [-0.4, -0.2) is 21.3 Å². The maximum Gasteiger partial charge on any atom is 0.146 e. The van der Waals surface area contributed by atoms with Crippen molar-refractivity contribution in [3.8, 4) is 6.07 Å². The highest BCUT2D eigenvalue weighted by molar-refractivity contribution is 5.01. The monoisotopic (exact) mass is 219 g/mol. The van der Waals surface area contributed by atoms with Crippen LogP contribution in [0, 0.1) is 16.7 Å². The number of rotatable bonds is 6. The van der Waals surface area contributed by atoms with Crippen LogP contribution in [0.2, 0.25) is 0 Å². The SMILES string of the molecule is CCn1cnnc1CNCC1(CC#N)CC1. The Bertz CT molecular complexity index is 385. The van der Waals surface area contributed by atoms with Gasteiger partial charge >= 0.3 is 0 Å². The summed E-state index contributed by atoms with van der Waals surface area (Å²) < 4.78 is 2.02. The summed E-state index contributed by atoms with van der Waals surface area (Å²) in [5, 5.41) is 20.0. The number of nitrogens with zero attached hydrogens (tertiary/aromatic N) is 4. The predicted octanol–water partition coefficient (Wildman–Crippen LogP) is 1.08. The molecule has 0 radical (unpaired) electrons. The van der Waals surface area contributed by atoms with Gasteiger partial charge in [0.25, 0.3) is 0 Å². The minimum atomic E-state index is 0.256. The van der Waals surface area contributed by atoms with Crippen LogP contribution >= 0.6 is 0 Å². The molecule has 1 aliphatic carbocycles. The van der Waals surface area contributed by atoms with Crippen LogP contribution in [0.25, 0.3) is 0 Å². The van der Waals surface area contributed by atoms with Crippen molar-refractivity contribution in [2.24, 2.45) is 5.41 Å². The Kier molecular flexibility index (Phi) is 3.20. The van der Waals surface area contributed by atoms with Gasteiger partial charge in [0.15, 0.2) is 0 Å². The number of hydrogen-bond donors (Lipinski definition) is 1. The molecular weight excluding hydrogens is 202 g/mol. The van der Waals surface area contributed by atoms with Crippen molar-refractivity contribution < 1.29 is 0 Å². The molecule has 0 unspecified atom stereocenters. The molecule has 0 aromatic carbocycles. The molecule has 0 saturated heterocycles. The van der Waals surface area contributed by atoms with E-state index in [-0.39, 0.29) is 5.41 Å². The van der Waals surface area contributed by atoms with Gasteiger partial charge in [0.2, 0.25) is 0 Å². The molecule has 16 heavy (non-hydrogen) atoms. The fraction of sp³-hybridized carbons (Fsp3) is 0.727. The van der Waals surface area contributed by atoms with E-state index in [0.717, 1.165) is 25.5 Å². The van der Waals surface area contributed by atoms with Gasteiger partial charge in [0.1, 0.15) is 12.2 Å². The Hall–Kier alpha value is -1.41. The summed E-state index contributed by atoms with van der Waals surface area (Å²) in [4.78, 5) is 0. The lowest BCUT2D eigenvalue weighted by molar-refractivity contribution is 0.457. The van der Waals surface area contributed by atoms with E-state index >= 15 is 0 Å². The van der Waals surface area contributed by atoms with Crippen LogP contribution in [0.4, 0.5) is 0 Å². The van der Waals surface area contributed by atoms with Crippen LogP contribution < -0.4 is 5.32 Å². The third-order valence-electron chi connectivity index (χ3n) is 3.23. The van der Waals surface area contributed by atoms with E-state index < -0.39 is 0 Å². The highest BCUT2D eigenvalue weighted by Crippen LogP contribution is 2.47. The minimum absolute atomic E-state index is 0.256. The first kappa shape index (κ1) is 11.1. The smallest absolute Gasteiger partial charge is 0.146 e. The molecule has 1 aliphatic rings. The van der Waals surface area contributed by atoms with Gasteiger partial charge in [-0.2, -0.15) is 5.26 Å². The maximum atomic E-state index is 8.70. The van der Waals surface area contributed by atoms with E-state index in [1.165, 1.54) is 12.8 Å². The molecule has 1 saturated carbocycles. The van der Waals surface area contributed by atoms with Gasteiger partial charge < -0.3 is 9.88 Å². The molecule has 1 aromatic rings. The molecule has 0 amide bonds. The summed E-state index contributed by atoms with van der Waals surface area (Å²) in [7, 11) is 0. The highest BCUT2D eigenvalue weighted by Gasteiger charge is 2.41. The number of nitriles is 1. The summed E-state index contributed by atoms with van der Waals surface area (Å²) in [6.45, 7) is 4.62. The zero-order chi connectivity index (χ0) is 11.4. The molecule has 1 fully saturated rings. The normalized spacial score (nSPS) is 17.0. The average molecular weight is 219 g/mol. The molecule has 0 aliphatic heterocycles. The number of aryl methyl sites for hydroxylation is 1. The summed E-state index contributed by atoms with van der Waals surface area (Å²) in [6.07, 6.45) is 4.77. The van der Waals surface area contributed by atoms with Gasteiger partial charge in [0.05, 0.1) is 12.6 Å². The lowest BCUT2D eigenvalue weighted by Gasteiger charge is -2.11. The second-order valence-electron chi connectivity index (χ2n) is 4.47. The van der Waals surface area contributed by atoms with E-state index in [1.54, 1.807) is 6.33 Å². The first-order valence-electron chi connectivity index (χ1n) is 5.74. The zero-order valence-electron chi connectivity index (χ0n) is 9.61. The van der Waals surface area contributed by atoms with E-state index in [1.807, 2.05) is 4.57 Å². The maximum absolute atomic E-state index is 8.70. The van der Waals surface area contributed by atoms with Gasteiger partial charge in [-0.15, -0.1) is 10.2 Å². The van der Waals surface area contributed by atoms with Gasteiger partial charge in [-0.25, -0.2) is 0 Å². The molecular formula is C11H17N5. The molecule has 1 N–H and O–H groups in total. The molecule has 0 atom stereocenters. The Morgan fingerprint density at radius 2 is 2.44 bits per heavy atom.